The van der Waals surface area contributed by atoms with Crippen LogP contribution in [0.1, 0.15) is 19.0 Å². The van der Waals surface area contributed by atoms with Gasteiger partial charge in [-0.05, 0) is 12.8 Å². The summed E-state index contributed by atoms with van der Waals surface area (Å²) in [7, 11) is 0. The van der Waals surface area contributed by atoms with E-state index in [4.69, 9.17) is 0 Å². The predicted octanol–water partition coefficient (Wildman–Crippen LogP) is 1.26. The Morgan fingerprint density at radius 3 is 3.45 bits per heavy atom. The highest BCUT2D eigenvalue weighted by atomic mass is 15.2. The van der Waals surface area contributed by atoms with Crippen LogP contribution in [0.2, 0.25) is 0 Å². The van der Waals surface area contributed by atoms with Gasteiger partial charge in [-0.15, -0.1) is 0 Å². The molecule has 0 spiro atoms. The van der Waals surface area contributed by atoms with Gasteiger partial charge in [0.05, 0.1) is 6.20 Å². The van der Waals surface area contributed by atoms with Crippen LogP contribution in [0.25, 0.3) is 0 Å². The summed E-state index contributed by atoms with van der Waals surface area (Å²) >= 11 is 0. The van der Waals surface area contributed by atoms with E-state index in [-0.39, 0.29) is 0 Å². The van der Waals surface area contributed by atoms with Crippen molar-refractivity contribution in [3.8, 4) is 0 Å². The van der Waals surface area contributed by atoms with Gasteiger partial charge in [0.2, 0.25) is 5.95 Å². The molecular weight excluding hydrogens is 138 g/mol. The number of hydrogen-bond donors (Lipinski definition) is 1. The zero-order valence-electron chi connectivity index (χ0n) is 6.80. The summed E-state index contributed by atoms with van der Waals surface area (Å²) in [6.45, 7) is 4.37. The first-order chi connectivity index (χ1) is 5.42. The molecule has 0 aliphatic carbocycles. The van der Waals surface area contributed by atoms with Crippen molar-refractivity contribution in [1.29, 1.82) is 0 Å². The lowest BCUT2D eigenvalue weighted by Crippen LogP contribution is -2.18. The number of anilines is 1. The summed E-state index contributed by atoms with van der Waals surface area (Å²) in [5.41, 5.74) is 1.34. The number of nitrogens with one attached hydrogen (secondary N) is 1. The maximum absolute atomic E-state index is 4.28. The summed E-state index contributed by atoms with van der Waals surface area (Å²) < 4.78 is 2.27. The Hall–Kier alpha value is -0.990. The second-order valence-corrected chi connectivity index (χ2v) is 2.86. The van der Waals surface area contributed by atoms with Crippen molar-refractivity contribution in [1.82, 2.24) is 9.55 Å². The molecule has 1 aromatic rings. The fourth-order valence-corrected chi connectivity index (χ4v) is 1.52. The van der Waals surface area contributed by atoms with Crippen molar-refractivity contribution in [3.63, 3.8) is 0 Å². The van der Waals surface area contributed by atoms with Crippen LogP contribution in [-0.2, 0) is 13.0 Å². The molecule has 0 aromatic carbocycles. The molecule has 2 heterocycles. The van der Waals surface area contributed by atoms with Crippen molar-refractivity contribution in [2.75, 3.05) is 11.9 Å². The normalized spacial score (nSPS) is 15.7. The second kappa shape index (κ2) is 2.57. The molecule has 0 unspecified atom stereocenters. The van der Waals surface area contributed by atoms with Crippen LogP contribution in [-0.4, -0.2) is 16.1 Å². The molecular formula is C8H13N3. The molecule has 60 valence electrons. The van der Waals surface area contributed by atoms with Gasteiger partial charge in [0.15, 0.2) is 0 Å². The lowest BCUT2D eigenvalue weighted by atomic mass is 10.3. The first kappa shape index (κ1) is 6.70. The van der Waals surface area contributed by atoms with Gasteiger partial charge in [-0.2, -0.15) is 0 Å². The fourth-order valence-electron chi connectivity index (χ4n) is 1.52. The third-order valence-corrected chi connectivity index (χ3v) is 2.14. The van der Waals surface area contributed by atoms with Crippen molar-refractivity contribution in [2.24, 2.45) is 0 Å². The summed E-state index contributed by atoms with van der Waals surface area (Å²) in [5, 5.41) is 3.27. The first-order valence-corrected chi connectivity index (χ1v) is 4.20. The Labute approximate surface area is 66.4 Å². The number of nitrogens with zero attached hydrogens (tertiary/aromatic N) is 2. The van der Waals surface area contributed by atoms with E-state index in [9.17, 15) is 0 Å². The summed E-state index contributed by atoms with van der Waals surface area (Å²) in [6, 6.07) is 0. The number of rotatable bonds is 1. The smallest absolute Gasteiger partial charge is 0.202 e. The Kier molecular flexibility index (Phi) is 1.56. The van der Waals surface area contributed by atoms with Crippen LogP contribution in [0.15, 0.2) is 6.20 Å². The molecule has 0 atom stereocenters. The van der Waals surface area contributed by atoms with Crippen LogP contribution >= 0.6 is 0 Å². The van der Waals surface area contributed by atoms with Gasteiger partial charge in [-0.3, -0.25) is 0 Å². The standard InChI is InChI=1S/C8H13N3/c1-2-7-6-10-8-9-4-3-5-11(7)8/h6H,2-5H2,1H3,(H,9,10). The van der Waals surface area contributed by atoms with E-state index >= 15 is 0 Å². The van der Waals surface area contributed by atoms with Gasteiger partial charge in [0, 0.05) is 18.8 Å². The molecule has 1 aliphatic heterocycles. The van der Waals surface area contributed by atoms with E-state index in [0.717, 1.165) is 25.5 Å². The Morgan fingerprint density at radius 2 is 2.64 bits per heavy atom. The average molecular weight is 151 g/mol. The van der Waals surface area contributed by atoms with Crippen molar-refractivity contribution >= 4 is 5.95 Å². The minimum atomic E-state index is 1.05. The van der Waals surface area contributed by atoms with Gasteiger partial charge in [-0.25, -0.2) is 4.98 Å². The van der Waals surface area contributed by atoms with E-state index in [1.54, 1.807) is 0 Å². The van der Waals surface area contributed by atoms with E-state index in [1.807, 2.05) is 6.20 Å². The van der Waals surface area contributed by atoms with Gasteiger partial charge in [0.25, 0.3) is 0 Å². The zero-order valence-corrected chi connectivity index (χ0v) is 6.80. The monoisotopic (exact) mass is 151 g/mol. The molecule has 0 amide bonds. The number of fused-ring (bicyclic) bond motifs is 1. The highest BCUT2D eigenvalue weighted by Crippen LogP contribution is 2.15. The van der Waals surface area contributed by atoms with Crippen molar-refractivity contribution < 1.29 is 0 Å². The molecule has 1 aromatic heterocycles. The molecule has 0 saturated heterocycles. The fraction of sp³-hybridized carbons (Fsp3) is 0.625. The van der Waals surface area contributed by atoms with Crippen molar-refractivity contribution in [3.05, 3.63) is 11.9 Å². The quantitative estimate of drug-likeness (QED) is 0.655. The van der Waals surface area contributed by atoms with Gasteiger partial charge >= 0.3 is 0 Å². The zero-order chi connectivity index (χ0) is 7.68. The average Bonchev–Trinajstić information content (AvgIpc) is 2.47. The lowest BCUT2D eigenvalue weighted by Gasteiger charge is -2.17. The molecule has 11 heavy (non-hydrogen) atoms. The van der Waals surface area contributed by atoms with E-state index in [2.05, 4.69) is 21.8 Å². The molecule has 1 aliphatic rings. The maximum atomic E-state index is 4.28. The third-order valence-electron chi connectivity index (χ3n) is 2.14. The van der Waals surface area contributed by atoms with Gasteiger partial charge in [-0.1, -0.05) is 6.92 Å². The SMILES string of the molecule is CCc1cnc2n1CCCN2. The molecule has 0 saturated carbocycles. The van der Waals surface area contributed by atoms with E-state index in [0.29, 0.717) is 0 Å². The highest BCUT2D eigenvalue weighted by molar-refractivity contribution is 5.31. The predicted molar refractivity (Wildman–Crippen MR) is 44.7 cm³/mol. The van der Waals surface area contributed by atoms with E-state index in [1.165, 1.54) is 12.1 Å². The lowest BCUT2D eigenvalue weighted by molar-refractivity contribution is 0.606. The summed E-state index contributed by atoms with van der Waals surface area (Å²) in [5.74, 6) is 1.05. The van der Waals surface area contributed by atoms with E-state index < -0.39 is 0 Å². The molecule has 3 heteroatoms. The molecule has 3 nitrogen and oxygen atoms in total. The van der Waals surface area contributed by atoms with Gasteiger partial charge < -0.3 is 9.88 Å². The number of aromatic nitrogens is 2. The number of aryl methyl sites for hydroxylation is 1. The maximum Gasteiger partial charge on any atom is 0.202 e. The minimum Gasteiger partial charge on any atom is -0.356 e. The third kappa shape index (κ3) is 1.00. The van der Waals surface area contributed by atoms with Crippen LogP contribution in [0.5, 0.6) is 0 Å². The molecule has 1 N–H and O–H groups in total. The van der Waals surface area contributed by atoms with Crippen LogP contribution in [0.4, 0.5) is 5.95 Å². The Bertz CT molecular complexity index is 238. The first-order valence-electron chi connectivity index (χ1n) is 4.20. The molecule has 2 rings (SSSR count). The van der Waals surface area contributed by atoms with Crippen LogP contribution in [0, 0.1) is 0 Å². The van der Waals surface area contributed by atoms with Gasteiger partial charge in [0.1, 0.15) is 0 Å². The van der Waals surface area contributed by atoms with Crippen molar-refractivity contribution in [2.45, 2.75) is 26.3 Å². The molecule has 0 bridgehead atoms. The Balaban J connectivity index is 2.38. The number of hydrogen-bond acceptors (Lipinski definition) is 2. The van der Waals surface area contributed by atoms with Crippen LogP contribution in [0.3, 0.4) is 0 Å². The topological polar surface area (TPSA) is 29.9 Å². The Morgan fingerprint density at radius 1 is 1.73 bits per heavy atom. The second-order valence-electron chi connectivity index (χ2n) is 2.86. The summed E-state index contributed by atoms with van der Waals surface area (Å²) in [6.07, 6.45) is 4.26. The minimum absolute atomic E-state index is 1.05. The number of imidazole rings is 1. The van der Waals surface area contributed by atoms with Crippen LogP contribution < -0.4 is 5.32 Å². The molecule has 0 radical (unpaired) electrons. The summed E-state index contributed by atoms with van der Waals surface area (Å²) in [4.78, 5) is 4.28. The highest BCUT2D eigenvalue weighted by Gasteiger charge is 2.11. The molecule has 0 fully saturated rings. The largest absolute Gasteiger partial charge is 0.356 e.